The first kappa shape index (κ1) is 23.5. The van der Waals surface area contributed by atoms with Crippen LogP contribution in [0.1, 0.15) is 21.6 Å². The molecule has 1 fully saturated rings. The molecule has 1 saturated heterocycles. The van der Waals surface area contributed by atoms with Gasteiger partial charge in [0.2, 0.25) is 5.95 Å². The summed E-state index contributed by atoms with van der Waals surface area (Å²) in [6, 6.07) is 13.3. The SMILES string of the molecule is Cc1ccccc1-c1cnc(N2CCN(C)CC2)nc1C(=O)N(C)Cc1cc(Cl)cc(Cl)c1. The molecule has 6 nitrogen and oxygen atoms in total. The van der Waals surface area contributed by atoms with Crippen molar-refractivity contribution in [2.75, 3.05) is 45.2 Å². The summed E-state index contributed by atoms with van der Waals surface area (Å²) < 4.78 is 0. The minimum Gasteiger partial charge on any atom is -0.338 e. The van der Waals surface area contributed by atoms with E-state index < -0.39 is 0 Å². The molecule has 4 rings (SSSR count). The molecule has 0 radical (unpaired) electrons. The zero-order chi connectivity index (χ0) is 23.5. The van der Waals surface area contributed by atoms with Crippen LogP contribution in [-0.4, -0.2) is 65.9 Å². The maximum absolute atomic E-state index is 13.7. The van der Waals surface area contributed by atoms with Gasteiger partial charge in [0.1, 0.15) is 5.69 Å². The Kier molecular flexibility index (Phi) is 7.17. The van der Waals surface area contributed by atoms with E-state index in [1.54, 1.807) is 24.2 Å². The number of nitrogens with zero attached hydrogens (tertiary/aromatic N) is 5. The molecular formula is C25H27Cl2N5O. The summed E-state index contributed by atoms with van der Waals surface area (Å²) in [5.74, 6) is 0.408. The number of aromatic nitrogens is 2. The molecule has 1 aliphatic heterocycles. The molecule has 1 aliphatic rings. The Morgan fingerprint density at radius 1 is 1.03 bits per heavy atom. The van der Waals surface area contributed by atoms with Gasteiger partial charge in [0.25, 0.3) is 5.91 Å². The second kappa shape index (κ2) is 10.1. The van der Waals surface area contributed by atoms with Crippen molar-refractivity contribution in [2.24, 2.45) is 0 Å². The van der Waals surface area contributed by atoms with Gasteiger partial charge >= 0.3 is 0 Å². The van der Waals surface area contributed by atoms with Crippen LogP contribution in [0.4, 0.5) is 5.95 Å². The van der Waals surface area contributed by atoms with Crippen LogP contribution in [-0.2, 0) is 6.54 Å². The summed E-state index contributed by atoms with van der Waals surface area (Å²) in [4.78, 5) is 29.1. The number of benzene rings is 2. The Balaban J connectivity index is 1.70. The van der Waals surface area contributed by atoms with Crippen LogP contribution in [0.5, 0.6) is 0 Å². The van der Waals surface area contributed by atoms with Crippen LogP contribution in [0.25, 0.3) is 11.1 Å². The van der Waals surface area contributed by atoms with Crippen LogP contribution in [0.15, 0.2) is 48.7 Å². The van der Waals surface area contributed by atoms with Gasteiger partial charge < -0.3 is 14.7 Å². The number of likely N-dealkylation sites (N-methyl/N-ethyl adjacent to an activating group) is 1. The van der Waals surface area contributed by atoms with Crippen LogP contribution in [0, 0.1) is 6.92 Å². The van der Waals surface area contributed by atoms with E-state index in [4.69, 9.17) is 28.2 Å². The Bertz CT molecular complexity index is 1140. The Morgan fingerprint density at radius 2 is 1.70 bits per heavy atom. The maximum Gasteiger partial charge on any atom is 0.273 e. The fourth-order valence-electron chi connectivity index (χ4n) is 4.00. The highest BCUT2D eigenvalue weighted by atomic mass is 35.5. The highest BCUT2D eigenvalue weighted by Gasteiger charge is 2.24. The predicted molar refractivity (Wildman–Crippen MR) is 134 cm³/mol. The number of carbonyl (C=O) groups excluding carboxylic acids is 1. The van der Waals surface area contributed by atoms with Gasteiger partial charge in [-0.2, -0.15) is 0 Å². The third kappa shape index (κ3) is 5.46. The quantitative estimate of drug-likeness (QED) is 0.522. The maximum atomic E-state index is 13.7. The minimum atomic E-state index is -0.179. The van der Waals surface area contributed by atoms with Crippen molar-refractivity contribution >= 4 is 35.1 Å². The van der Waals surface area contributed by atoms with Crippen LogP contribution in [0.2, 0.25) is 10.0 Å². The lowest BCUT2D eigenvalue weighted by Crippen LogP contribution is -2.45. The molecule has 1 aromatic heterocycles. The summed E-state index contributed by atoms with van der Waals surface area (Å²) in [6.45, 7) is 5.90. The van der Waals surface area contributed by atoms with Gasteiger partial charge in [0.05, 0.1) is 0 Å². The molecule has 0 unspecified atom stereocenters. The number of piperazine rings is 1. The average molecular weight is 484 g/mol. The third-order valence-electron chi connectivity index (χ3n) is 5.89. The van der Waals surface area contributed by atoms with E-state index in [9.17, 15) is 4.79 Å². The van der Waals surface area contributed by atoms with E-state index in [-0.39, 0.29) is 5.91 Å². The second-order valence-electron chi connectivity index (χ2n) is 8.48. The number of hydrogen-bond acceptors (Lipinski definition) is 5. The lowest BCUT2D eigenvalue weighted by atomic mass is 10.00. The summed E-state index contributed by atoms with van der Waals surface area (Å²) in [5, 5.41) is 1.08. The molecule has 2 aromatic carbocycles. The average Bonchev–Trinajstić information content (AvgIpc) is 2.78. The standard InChI is InChI=1S/C25H27Cl2N5O/c1-17-6-4-5-7-21(17)22-15-28-25(32-10-8-30(2)9-11-32)29-23(22)24(33)31(3)16-18-12-19(26)14-20(27)13-18/h4-7,12-15H,8-11,16H2,1-3H3. The predicted octanol–water partition coefficient (Wildman–Crippen LogP) is 4.78. The van der Waals surface area contributed by atoms with Crippen molar-refractivity contribution in [2.45, 2.75) is 13.5 Å². The topological polar surface area (TPSA) is 52.6 Å². The largest absolute Gasteiger partial charge is 0.338 e. The lowest BCUT2D eigenvalue weighted by Gasteiger charge is -2.32. The van der Waals surface area contributed by atoms with Gasteiger partial charge in [-0.1, -0.05) is 47.5 Å². The van der Waals surface area contributed by atoms with E-state index in [1.165, 1.54) is 0 Å². The van der Waals surface area contributed by atoms with Gasteiger partial charge in [-0.25, -0.2) is 9.97 Å². The van der Waals surface area contributed by atoms with E-state index >= 15 is 0 Å². The Morgan fingerprint density at radius 3 is 2.36 bits per heavy atom. The smallest absolute Gasteiger partial charge is 0.273 e. The molecule has 1 amide bonds. The van der Waals surface area contributed by atoms with Gasteiger partial charge in [0.15, 0.2) is 0 Å². The van der Waals surface area contributed by atoms with Crippen LogP contribution in [0.3, 0.4) is 0 Å². The summed E-state index contributed by atoms with van der Waals surface area (Å²) in [5.41, 5.74) is 3.99. The minimum absolute atomic E-state index is 0.179. The molecule has 0 atom stereocenters. The van der Waals surface area contributed by atoms with Crippen molar-refractivity contribution in [3.63, 3.8) is 0 Å². The van der Waals surface area contributed by atoms with E-state index in [0.717, 1.165) is 48.4 Å². The fraction of sp³-hybridized carbons (Fsp3) is 0.320. The first-order chi connectivity index (χ1) is 15.8. The molecule has 0 spiro atoms. The highest BCUT2D eigenvalue weighted by Crippen LogP contribution is 2.28. The van der Waals surface area contributed by atoms with Gasteiger partial charge in [-0.15, -0.1) is 0 Å². The highest BCUT2D eigenvalue weighted by molar-refractivity contribution is 6.34. The number of hydrogen-bond donors (Lipinski definition) is 0. The zero-order valence-electron chi connectivity index (χ0n) is 19.1. The molecule has 33 heavy (non-hydrogen) atoms. The second-order valence-corrected chi connectivity index (χ2v) is 9.35. The van der Waals surface area contributed by atoms with Crippen molar-refractivity contribution in [1.29, 1.82) is 0 Å². The van der Waals surface area contributed by atoms with Crippen LogP contribution >= 0.6 is 23.2 Å². The van der Waals surface area contributed by atoms with Gasteiger partial charge in [-0.3, -0.25) is 4.79 Å². The molecule has 0 aliphatic carbocycles. The fourth-order valence-corrected chi connectivity index (χ4v) is 4.57. The molecule has 8 heteroatoms. The van der Waals surface area contributed by atoms with Gasteiger partial charge in [0, 0.05) is 61.6 Å². The lowest BCUT2D eigenvalue weighted by molar-refractivity contribution is 0.0780. The van der Waals surface area contributed by atoms with E-state index in [2.05, 4.69) is 21.8 Å². The molecule has 2 heterocycles. The van der Waals surface area contributed by atoms with E-state index in [1.807, 2.05) is 43.3 Å². The third-order valence-corrected chi connectivity index (χ3v) is 6.33. The summed E-state index contributed by atoms with van der Waals surface area (Å²) in [7, 11) is 3.86. The Labute approximate surface area is 204 Å². The first-order valence-corrected chi connectivity index (χ1v) is 11.6. The molecule has 0 saturated carbocycles. The monoisotopic (exact) mass is 483 g/mol. The van der Waals surface area contributed by atoms with E-state index in [0.29, 0.717) is 28.2 Å². The number of carbonyl (C=O) groups is 1. The molecule has 3 aromatic rings. The molecule has 0 N–H and O–H groups in total. The summed E-state index contributed by atoms with van der Waals surface area (Å²) in [6.07, 6.45) is 1.78. The molecular weight excluding hydrogens is 457 g/mol. The number of anilines is 1. The number of amides is 1. The van der Waals surface area contributed by atoms with Crippen molar-refractivity contribution in [3.05, 3.63) is 75.5 Å². The van der Waals surface area contributed by atoms with Gasteiger partial charge in [-0.05, 0) is 48.9 Å². The molecule has 172 valence electrons. The first-order valence-electron chi connectivity index (χ1n) is 10.9. The van der Waals surface area contributed by atoms with Crippen molar-refractivity contribution in [1.82, 2.24) is 19.8 Å². The summed E-state index contributed by atoms with van der Waals surface area (Å²) >= 11 is 12.3. The normalized spacial score (nSPS) is 14.4. The number of aryl methyl sites for hydroxylation is 1. The van der Waals surface area contributed by atoms with Crippen molar-refractivity contribution < 1.29 is 4.79 Å². The number of rotatable bonds is 5. The molecule has 0 bridgehead atoms. The van der Waals surface area contributed by atoms with Crippen LogP contribution < -0.4 is 4.90 Å². The van der Waals surface area contributed by atoms with Crippen molar-refractivity contribution in [3.8, 4) is 11.1 Å². The Hall–Kier alpha value is -2.67. The zero-order valence-corrected chi connectivity index (χ0v) is 20.6. The number of halogens is 2.